The van der Waals surface area contributed by atoms with Gasteiger partial charge in [-0.15, -0.1) is 0 Å². The molecule has 0 spiro atoms. The molecule has 0 N–H and O–H groups in total. The lowest BCUT2D eigenvalue weighted by atomic mass is 10.1. The second kappa shape index (κ2) is 4.19. The number of nitrogens with zero attached hydrogens (tertiary/aromatic N) is 2. The summed E-state index contributed by atoms with van der Waals surface area (Å²) in [7, 11) is 0. The van der Waals surface area contributed by atoms with Crippen LogP contribution in [-0.4, -0.2) is 4.92 Å². The van der Waals surface area contributed by atoms with Crippen LogP contribution in [0.2, 0.25) is 0 Å². The van der Waals surface area contributed by atoms with E-state index in [1.165, 1.54) is 0 Å². The van der Waals surface area contributed by atoms with Crippen molar-refractivity contribution in [2.24, 2.45) is 0 Å². The summed E-state index contributed by atoms with van der Waals surface area (Å²) in [6.45, 7) is 1.66. The van der Waals surface area contributed by atoms with Gasteiger partial charge in [0.05, 0.1) is 16.6 Å². The number of rotatable bonds is 2. The molecule has 0 fully saturated rings. The van der Waals surface area contributed by atoms with Gasteiger partial charge in [0.2, 0.25) is 6.20 Å². The van der Waals surface area contributed by atoms with E-state index < -0.39 is 4.92 Å². The van der Waals surface area contributed by atoms with E-state index in [2.05, 4.69) is 0 Å². The summed E-state index contributed by atoms with van der Waals surface area (Å²) in [6.07, 6.45) is 0.946. The first kappa shape index (κ1) is 9.93. The molecule has 0 saturated carbocycles. The van der Waals surface area contributed by atoms with Crippen LogP contribution < -0.4 is 0 Å². The van der Waals surface area contributed by atoms with E-state index in [0.717, 1.165) is 11.8 Å². The van der Waals surface area contributed by atoms with E-state index in [-0.39, 0.29) is 0 Å². The van der Waals surface area contributed by atoms with Crippen molar-refractivity contribution in [3.63, 3.8) is 0 Å². The Bertz CT molecular complexity index is 413. The first-order valence-corrected chi connectivity index (χ1v) is 3.96. The number of nitriles is 1. The van der Waals surface area contributed by atoms with Crippen LogP contribution >= 0.6 is 0 Å². The zero-order chi connectivity index (χ0) is 10.6. The summed E-state index contributed by atoms with van der Waals surface area (Å²) in [5.74, 6) is 0. The van der Waals surface area contributed by atoms with Crippen LogP contribution in [0, 0.1) is 21.4 Å². The zero-order valence-electron chi connectivity index (χ0n) is 7.60. The smallest absolute Gasteiger partial charge is 0.237 e. The maximum Gasteiger partial charge on any atom is 0.237 e. The summed E-state index contributed by atoms with van der Waals surface area (Å²) in [5, 5.41) is 18.7. The molecule has 4 nitrogen and oxygen atoms in total. The number of allylic oxidation sites excluding steroid dienone is 1. The topological polar surface area (TPSA) is 66.9 Å². The molecule has 0 saturated heterocycles. The van der Waals surface area contributed by atoms with Gasteiger partial charge in [0, 0.05) is 5.57 Å². The first-order chi connectivity index (χ1) is 6.63. The minimum Gasteiger partial charge on any atom is -0.259 e. The van der Waals surface area contributed by atoms with Gasteiger partial charge >= 0.3 is 0 Å². The van der Waals surface area contributed by atoms with Gasteiger partial charge in [-0.2, -0.15) is 5.26 Å². The molecule has 0 atom stereocenters. The van der Waals surface area contributed by atoms with Gasteiger partial charge in [0.1, 0.15) is 0 Å². The molecule has 4 heteroatoms. The van der Waals surface area contributed by atoms with Crippen molar-refractivity contribution in [3.8, 4) is 6.07 Å². The Kier molecular flexibility index (Phi) is 2.97. The van der Waals surface area contributed by atoms with Crippen LogP contribution in [0.3, 0.4) is 0 Å². The summed E-state index contributed by atoms with van der Waals surface area (Å²) < 4.78 is 0. The molecular weight excluding hydrogens is 180 g/mol. The minimum atomic E-state index is -0.493. The Morgan fingerprint density at radius 1 is 1.50 bits per heavy atom. The molecule has 0 bridgehead atoms. The number of benzene rings is 1. The average molecular weight is 188 g/mol. The summed E-state index contributed by atoms with van der Waals surface area (Å²) >= 11 is 0. The van der Waals surface area contributed by atoms with Gasteiger partial charge in [-0.3, -0.25) is 10.1 Å². The fourth-order valence-electron chi connectivity index (χ4n) is 1.04. The molecule has 0 aliphatic carbocycles. The van der Waals surface area contributed by atoms with E-state index in [1.54, 1.807) is 31.2 Å². The third-order valence-corrected chi connectivity index (χ3v) is 1.77. The van der Waals surface area contributed by atoms with Crippen molar-refractivity contribution >= 4 is 5.57 Å². The van der Waals surface area contributed by atoms with Crippen molar-refractivity contribution in [2.75, 3.05) is 0 Å². The van der Waals surface area contributed by atoms with Crippen molar-refractivity contribution in [3.05, 3.63) is 51.7 Å². The average Bonchev–Trinajstić information content (AvgIpc) is 2.17. The van der Waals surface area contributed by atoms with Crippen molar-refractivity contribution in [1.29, 1.82) is 5.26 Å². The van der Waals surface area contributed by atoms with E-state index in [0.29, 0.717) is 11.1 Å². The highest BCUT2D eigenvalue weighted by molar-refractivity contribution is 5.63. The molecule has 0 radical (unpaired) electrons. The Morgan fingerprint density at radius 2 is 2.07 bits per heavy atom. The van der Waals surface area contributed by atoms with Crippen molar-refractivity contribution in [1.82, 2.24) is 0 Å². The Balaban J connectivity index is 2.99. The van der Waals surface area contributed by atoms with E-state index in [9.17, 15) is 10.1 Å². The second-order valence-corrected chi connectivity index (χ2v) is 2.79. The highest BCUT2D eigenvalue weighted by Crippen LogP contribution is 2.13. The Morgan fingerprint density at radius 3 is 2.50 bits per heavy atom. The third-order valence-electron chi connectivity index (χ3n) is 1.77. The largest absolute Gasteiger partial charge is 0.259 e. The molecule has 0 aliphatic rings. The number of hydrogen-bond acceptors (Lipinski definition) is 3. The van der Waals surface area contributed by atoms with Crippen molar-refractivity contribution < 1.29 is 4.92 Å². The lowest BCUT2D eigenvalue weighted by molar-refractivity contribution is -0.401. The summed E-state index contributed by atoms with van der Waals surface area (Å²) in [4.78, 5) is 9.69. The molecular formula is C10H8N2O2. The van der Waals surface area contributed by atoms with Gasteiger partial charge in [-0.25, -0.2) is 0 Å². The molecule has 0 unspecified atom stereocenters. The van der Waals surface area contributed by atoms with Crippen LogP contribution in [0.4, 0.5) is 0 Å². The number of nitro groups is 1. The third kappa shape index (κ3) is 2.42. The number of hydrogen-bond donors (Lipinski definition) is 0. The molecule has 0 amide bonds. The van der Waals surface area contributed by atoms with E-state index in [1.807, 2.05) is 6.07 Å². The molecule has 0 aliphatic heterocycles. The van der Waals surface area contributed by atoms with Crippen LogP contribution in [0.5, 0.6) is 0 Å². The standard InChI is InChI=1S/C10H8N2O2/c1-8(7-12(13)14)10-4-2-9(6-11)3-5-10/h2-5,7H,1H3/b8-7+. The van der Waals surface area contributed by atoms with E-state index in [4.69, 9.17) is 5.26 Å². The van der Waals surface area contributed by atoms with Gasteiger partial charge in [0.15, 0.2) is 0 Å². The van der Waals surface area contributed by atoms with Gasteiger partial charge in [0.25, 0.3) is 0 Å². The predicted molar refractivity (Wildman–Crippen MR) is 51.8 cm³/mol. The molecule has 14 heavy (non-hydrogen) atoms. The predicted octanol–water partition coefficient (Wildman–Crippen LogP) is 2.20. The molecule has 0 heterocycles. The lowest BCUT2D eigenvalue weighted by Crippen LogP contribution is -1.87. The monoisotopic (exact) mass is 188 g/mol. The summed E-state index contributed by atoms with van der Waals surface area (Å²) in [5.41, 5.74) is 1.86. The lowest BCUT2D eigenvalue weighted by Gasteiger charge is -1.97. The Hall–Kier alpha value is -2.15. The van der Waals surface area contributed by atoms with Gasteiger partial charge in [-0.1, -0.05) is 12.1 Å². The zero-order valence-corrected chi connectivity index (χ0v) is 7.60. The Labute approximate surface area is 81.2 Å². The maximum absolute atomic E-state index is 10.2. The quantitative estimate of drug-likeness (QED) is 0.527. The van der Waals surface area contributed by atoms with Crippen LogP contribution in [-0.2, 0) is 0 Å². The summed E-state index contributed by atoms with van der Waals surface area (Å²) in [6, 6.07) is 8.62. The first-order valence-electron chi connectivity index (χ1n) is 3.96. The highest BCUT2D eigenvalue weighted by atomic mass is 16.6. The fourth-order valence-corrected chi connectivity index (χ4v) is 1.04. The molecule has 1 aromatic rings. The van der Waals surface area contributed by atoms with Crippen LogP contribution in [0.15, 0.2) is 30.5 Å². The maximum atomic E-state index is 10.2. The highest BCUT2D eigenvalue weighted by Gasteiger charge is 2.00. The van der Waals surface area contributed by atoms with E-state index >= 15 is 0 Å². The molecule has 1 rings (SSSR count). The molecule has 0 aromatic heterocycles. The van der Waals surface area contributed by atoms with Gasteiger partial charge < -0.3 is 0 Å². The SMILES string of the molecule is C/C(=C\[N+](=O)[O-])c1ccc(C#N)cc1. The molecule has 70 valence electrons. The normalized spacial score (nSPS) is 10.7. The fraction of sp³-hybridized carbons (Fsp3) is 0.100. The van der Waals surface area contributed by atoms with Crippen LogP contribution in [0.1, 0.15) is 18.1 Å². The second-order valence-electron chi connectivity index (χ2n) is 2.79. The molecule has 1 aromatic carbocycles. The minimum absolute atomic E-state index is 0.493. The van der Waals surface area contributed by atoms with Crippen LogP contribution in [0.25, 0.3) is 5.57 Å². The van der Waals surface area contributed by atoms with Crippen molar-refractivity contribution in [2.45, 2.75) is 6.92 Å². The van der Waals surface area contributed by atoms with Gasteiger partial charge in [-0.05, 0) is 24.6 Å².